The summed E-state index contributed by atoms with van der Waals surface area (Å²) in [6, 6.07) is 12.7. The molecule has 3 heterocycles. The Morgan fingerprint density at radius 3 is 2.23 bits per heavy atom. The largest absolute Gasteiger partial charge is 0.487 e. The van der Waals surface area contributed by atoms with Crippen molar-refractivity contribution in [3.63, 3.8) is 0 Å². The van der Waals surface area contributed by atoms with Crippen molar-refractivity contribution in [1.29, 1.82) is 5.26 Å². The predicted octanol–water partition coefficient (Wildman–Crippen LogP) is 2.24. The molecule has 0 saturated carbocycles. The quantitative estimate of drug-likeness (QED) is 0.129. The van der Waals surface area contributed by atoms with Crippen molar-refractivity contribution in [3.8, 4) is 17.6 Å². The van der Waals surface area contributed by atoms with E-state index < -0.39 is 72.0 Å². The van der Waals surface area contributed by atoms with Crippen LogP contribution in [0, 0.1) is 21.4 Å². The summed E-state index contributed by atoms with van der Waals surface area (Å²) < 4.78 is 40.4. The van der Waals surface area contributed by atoms with Gasteiger partial charge in [-0.05, 0) is 11.6 Å². The van der Waals surface area contributed by atoms with Gasteiger partial charge in [-0.3, -0.25) is 29.3 Å². The van der Waals surface area contributed by atoms with E-state index in [-0.39, 0.29) is 29.4 Å². The van der Waals surface area contributed by atoms with Crippen molar-refractivity contribution in [1.82, 2.24) is 15.0 Å². The Morgan fingerprint density at radius 2 is 1.62 bits per heavy atom. The van der Waals surface area contributed by atoms with Gasteiger partial charge >= 0.3 is 23.9 Å². The zero-order valence-corrected chi connectivity index (χ0v) is 28.1. The summed E-state index contributed by atoms with van der Waals surface area (Å²) in [6.45, 7) is 3.95. The van der Waals surface area contributed by atoms with Gasteiger partial charge in [-0.25, -0.2) is 4.68 Å². The van der Waals surface area contributed by atoms with E-state index in [1.165, 1.54) is 23.0 Å². The number of hydrogen-bond donors (Lipinski definition) is 1. The highest BCUT2D eigenvalue weighted by Crippen LogP contribution is 2.44. The Morgan fingerprint density at radius 1 is 0.962 bits per heavy atom. The summed E-state index contributed by atoms with van der Waals surface area (Å²) in [5.74, 6) is -3.18. The van der Waals surface area contributed by atoms with E-state index in [1.54, 1.807) is 30.3 Å². The van der Waals surface area contributed by atoms with Gasteiger partial charge in [0.25, 0.3) is 5.69 Å². The Hall–Kier alpha value is -6.55. The van der Waals surface area contributed by atoms with Crippen LogP contribution < -0.4 is 15.2 Å². The summed E-state index contributed by atoms with van der Waals surface area (Å²) in [5, 5.41) is 29.2. The third kappa shape index (κ3) is 8.24. The first-order valence-electron chi connectivity index (χ1n) is 15.6. The molecule has 6 atom stereocenters. The highest BCUT2D eigenvalue weighted by molar-refractivity contribution is 5.69. The first-order chi connectivity index (χ1) is 24.7. The lowest BCUT2D eigenvalue weighted by atomic mass is 9.83. The molecular weight excluding hydrogens is 688 g/mol. The molecule has 52 heavy (non-hydrogen) atoms. The molecular formula is C33H32N6O13. The smallest absolute Gasteiger partial charge is 0.303 e. The number of allylic oxidation sites excluding steroid dienone is 1. The topological polar surface area (TPSA) is 257 Å². The molecule has 2 aliphatic rings. The van der Waals surface area contributed by atoms with Gasteiger partial charge in [-0.2, -0.15) is 5.26 Å². The van der Waals surface area contributed by atoms with Crippen LogP contribution in [-0.4, -0.2) is 74.8 Å². The fourth-order valence-corrected chi connectivity index (χ4v) is 5.74. The van der Waals surface area contributed by atoms with Crippen LogP contribution in [0.3, 0.4) is 0 Å². The molecule has 1 unspecified atom stereocenters. The predicted molar refractivity (Wildman–Crippen MR) is 170 cm³/mol. The van der Waals surface area contributed by atoms with E-state index in [1.807, 2.05) is 0 Å². The van der Waals surface area contributed by atoms with Crippen molar-refractivity contribution in [2.75, 3.05) is 6.61 Å². The number of carbonyl (C=O) groups excluding carboxylic acids is 4. The maximum absolute atomic E-state index is 12.2. The van der Waals surface area contributed by atoms with Crippen LogP contribution in [-0.2, 0) is 49.5 Å². The van der Waals surface area contributed by atoms with Gasteiger partial charge in [0.15, 0.2) is 24.5 Å². The third-order valence-electron chi connectivity index (χ3n) is 7.80. The maximum atomic E-state index is 12.2. The standard InChI is InChI=1S/C33H32N6O13/c1-16(40)46-15-27-29(48-17(2)41)30(49-18(3)42)31(50-19(4)43)33(52-27)38-13-21(36-37-38)14-47-23-9-10-24-26(11-23)51-32(35)25(12-34)28(24)20-5-7-22(8-6-20)39(44)45/h5-11,13,27-31,33H,14-15,35H2,1-4H3/t27-,28?,29-,30+,31-,33-/m1/s1. The number of carbonyl (C=O) groups is 4. The van der Waals surface area contributed by atoms with Crippen molar-refractivity contribution >= 4 is 29.6 Å². The molecule has 0 spiro atoms. The van der Waals surface area contributed by atoms with Crippen LogP contribution in [0.15, 0.2) is 60.1 Å². The number of fused-ring (bicyclic) bond motifs is 1. The van der Waals surface area contributed by atoms with Crippen molar-refractivity contribution in [2.45, 2.75) is 70.9 Å². The Balaban J connectivity index is 1.39. The molecule has 272 valence electrons. The van der Waals surface area contributed by atoms with Gasteiger partial charge < -0.3 is 38.9 Å². The summed E-state index contributed by atoms with van der Waals surface area (Å²) in [7, 11) is 0. The van der Waals surface area contributed by atoms with Crippen molar-refractivity contribution < 1.29 is 57.3 Å². The molecule has 19 heteroatoms. The minimum atomic E-state index is -1.40. The lowest BCUT2D eigenvalue weighted by Gasteiger charge is -2.44. The number of non-ortho nitro benzene ring substituents is 1. The van der Waals surface area contributed by atoms with E-state index >= 15 is 0 Å². The van der Waals surface area contributed by atoms with E-state index in [4.69, 9.17) is 38.9 Å². The number of rotatable bonds is 11. The molecule has 0 bridgehead atoms. The fourth-order valence-electron chi connectivity index (χ4n) is 5.74. The van der Waals surface area contributed by atoms with Crippen LogP contribution in [0.5, 0.6) is 11.5 Å². The molecule has 5 rings (SSSR count). The number of benzene rings is 2. The zero-order chi connectivity index (χ0) is 37.7. The molecule has 2 aliphatic heterocycles. The average molecular weight is 721 g/mol. The number of nitrogens with zero attached hydrogens (tertiary/aromatic N) is 5. The first-order valence-corrected chi connectivity index (χ1v) is 15.6. The Labute approximate surface area is 294 Å². The van der Waals surface area contributed by atoms with Gasteiger partial charge in [-0.1, -0.05) is 23.4 Å². The fraction of sp³-hybridized carbons (Fsp3) is 0.364. The number of ether oxygens (including phenoxy) is 7. The van der Waals surface area contributed by atoms with E-state index in [0.29, 0.717) is 22.6 Å². The molecule has 0 aliphatic carbocycles. The number of nitriles is 1. The lowest BCUT2D eigenvalue weighted by Crippen LogP contribution is -2.60. The van der Waals surface area contributed by atoms with E-state index in [2.05, 4.69) is 16.4 Å². The zero-order valence-electron chi connectivity index (χ0n) is 28.1. The van der Waals surface area contributed by atoms with Gasteiger partial charge in [-0.15, -0.1) is 5.10 Å². The second-order valence-electron chi connectivity index (χ2n) is 11.5. The maximum Gasteiger partial charge on any atom is 0.303 e. The first kappa shape index (κ1) is 36.7. The van der Waals surface area contributed by atoms with Crippen LogP contribution in [0.25, 0.3) is 0 Å². The molecule has 0 amide bonds. The highest BCUT2D eigenvalue weighted by atomic mass is 16.7. The van der Waals surface area contributed by atoms with E-state index in [9.17, 15) is 34.6 Å². The van der Waals surface area contributed by atoms with Gasteiger partial charge in [0, 0.05) is 51.5 Å². The third-order valence-corrected chi connectivity index (χ3v) is 7.80. The number of nitrogens with two attached hydrogens (primary N) is 1. The van der Waals surface area contributed by atoms with E-state index in [0.717, 1.165) is 27.7 Å². The summed E-state index contributed by atoms with van der Waals surface area (Å²) >= 11 is 0. The molecule has 19 nitrogen and oxygen atoms in total. The normalized spacial score (nSPS) is 22.1. The highest BCUT2D eigenvalue weighted by Gasteiger charge is 2.53. The van der Waals surface area contributed by atoms with Crippen molar-refractivity contribution in [3.05, 3.63) is 87.1 Å². The Kier molecular flexibility index (Phi) is 11.0. The monoisotopic (exact) mass is 720 g/mol. The summed E-state index contributed by atoms with van der Waals surface area (Å²) in [5.41, 5.74) is 7.54. The van der Waals surface area contributed by atoms with Crippen LogP contribution in [0.1, 0.15) is 56.7 Å². The number of aromatic nitrogens is 3. The van der Waals surface area contributed by atoms with Crippen molar-refractivity contribution in [2.24, 2.45) is 5.73 Å². The SMILES string of the molecule is CC(=O)OC[C@H]1O[C@@H](n2cc(COc3ccc4c(c3)OC(N)=C(C#N)C4c3ccc([N+](=O)[O-])cc3)nn2)[C@H](OC(C)=O)[C@@H](OC(C)=O)[C@@H]1OC(C)=O. The molecule has 3 aromatic rings. The molecule has 2 N–H and O–H groups in total. The molecule has 0 radical (unpaired) electrons. The van der Waals surface area contributed by atoms with Crippen LogP contribution in [0.2, 0.25) is 0 Å². The molecule has 2 aromatic carbocycles. The van der Waals surface area contributed by atoms with Gasteiger partial charge in [0.05, 0.1) is 17.0 Å². The summed E-state index contributed by atoms with van der Waals surface area (Å²) in [6.07, 6.45) is -5.21. The number of nitro benzene ring substituents is 1. The molecule has 1 fully saturated rings. The second-order valence-corrected chi connectivity index (χ2v) is 11.5. The Bertz CT molecular complexity index is 1950. The lowest BCUT2D eigenvalue weighted by molar-refractivity contribution is -0.384. The minimum Gasteiger partial charge on any atom is -0.487 e. The van der Waals surface area contributed by atoms with Crippen LogP contribution in [0.4, 0.5) is 5.69 Å². The average Bonchev–Trinajstić information content (AvgIpc) is 3.56. The molecule has 1 saturated heterocycles. The second kappa shape index (κ2) is 15.6. The number of esters is 4. The minimum absolute atomic E-state index is 0.110. The van der Waals surface area contributed by atoms with Crippen LogP contribution >= 0.6 is 0 Å². The summed E-state index contributed by atoms with van der Waals surface area (Å²) in [4.78, 5) is 58.6. The van der Waals surface area contributed by atoms with Gasteiger partial charge in [0.1, 0.15) is 48.2 Å². The number of hydrogen-bond acceptors (Lipinski definition) is 17. The number of nitro groups is 1. The molecule has 1 aromatic heterocycles. The van der Waals surface area contributed by atoms with Gasteiger partial charge in [0.2, 0.25) is 5.88 Å².